The van der Waals surface area contributed by atoms with E-state index in [2.05, 4.69) is 29.5 Å². The smallest absolute Gasteiger partial charge is 0.255 e. The summed E-state index contributed by atoms with van der Waals surface area (Å²) in [7, 11) is 0. The number of amides is 1. The largest absolute Gasteiger partial charge is 0.385 e. The lowest BCUT2D eigenvalue weighted by Gasteiger charge is -2.20. The van der Waals surface area contributed by atoms with E-state index in [-0.39, 0.29) is 11.9 Å². The van der Waals surface area contributed by atoms with Gasteiger partial charge in [0.05, 0.1) is 11.3 Å². The quantitative estimate of drug-likeness (QED) is 0.815. The SMILES string of the molecule is CCNc1ccncc1C(=O)NC(C)C(C)CC. The van der Waals surface area contributed by atoms with Gasteiger partial charge in [-0.2, -0.15) is 0 Å². The predicted molar refractivity (Wildman–Crippen MR) is 74.8 cm³/mol. The van der Waals surface area contributed by atoms with Gasteiger partial charge in [-0.05, 0) is 25.8 Å². The normalized spacial score (nSPS) is 13.8. The van der Waals surface area contributed by atoms with Crippen molar-refractivity contribution in [3.05, 3.63) is 24.0 Å². The van der Waals surface area contributed by atoms with Gasteiger partial charge < -0.3 is 10.6 Å². The molecule has 0 bridgehead atoms. The van der Waals surface area contributed by atoms with E-state index >= 15 is 0 Å². The molecular weight excluding hydrogens is 226 g/mol. The first-order valence-electron chi connectivity index (χ1n) is 6.58. The van der Waals surface area contributed by atoms with Crippen LogP contribution in [0.3, 0.4) is 0 Å². The Morgan fingerprint density at radius 2 is 2.11 bits per heavy atom. The van der Waals surface area contributed by atoms with Gasteiger partial charge in [-0.3, -0.25) is 9.78 Å². The Labute approximate surface area is 109 Å². The summed E-state index contributed by atoms with van der Waals surface area (Å²) in [5.41, 5.74) is 1.44. The minimum Gasteiger partial charge on any atom is -0.385 e. The number of nitrogens with zero attached hydrogens (tertiary/aromatic N) is 1. The van der Waals surface area contributed by atoms with Crippen LogP contribution in [-0.4, -0.2) is 23.5 Å². The monoisotopic (exact) mass is 249 g/mol. The maximum Gasteiger partial charge on any atom is 0.255 e. The number of hydrogen-bond acceptors (Lipinski definition) is 3. The highest BCUT2D eigenvalue weighted by atomic mass is 16.1. The zero-order valence-corrected chi connectivity index (χ0v) is 11.7. The Kier molecular flexibility index (Phi) is 5.62. The summed E-state index contributed by atoms with van der Waals surface area (Å²) in [5, 5.41) is 6.20. The van der Waals surface area contributed by atoms with Crippen molar-refractivity contribution in [3.63, 3.8) is 0 Å². The first-order chi connectivity index (χ1) is 8.60. The predicted octanol–water partition coefficient (Wildman–Crippen LogP) is 2.68. The molecule has 18 heavy (non-hydrogen) atoms. The summed E-state index contributed by atoms with van der Waals surface area (Å²) in [5.74, 6) is 0.403. The zero-order valence-electron chi connectivity index (χ0n) is 11.7. The van der Waals surface area contributed by atoms with Crippen LogP contribution in [0.4, 0.5) is 5.69 Å². The van der Waals surface area contributed by atoms with Gasteiger partial charge in [0.25, 0.3) is 5.91 Å². The van der Waals surface area contributed by atoms with E-state index in [0.29, 0.717) is 11.5 Å². The maximum atomic E-state index is 12.2. The molecule has 1 rings (SSSR count). The Hall–Kier alpha value is -1.58. The molecule has 1 heterocycles. The molecular formula is C14H23N3O. The second-order valence-electron chi connectivity index (χ2n) is 4.60. The molecule has 0 fully saturated rings. The number of carbonyl (C=O) groups excluding carboxylic acids is 1. The van der Waals surface area contributed by atoms with E-state index in [1.54, 1.807) is 12.4 Å². The summed E-state index contributed by atoms with van der Waals surface area (Å²) < 4.78 is 0. The molecule has 2 N–H and O–H groups in total. The van der Waals surface area contributed by atoms with Crippen LogP contribution in [0, 0.1) is 5.92 Å². The average Bonchev–Trinajstić information content (AvgIpc) is 2.38. The van der Waals surface area contributed by atoms with Crippen LogP contribution in [0.2, 0.25) is 0 Å². The molecule has 100 valence electrons. The molecule has 0 aromatic carbocycles. The van der Waals surface area contributed by atoms with Crippen LogP contribution in [0.5, 0.6) is 0 Å². The Morgan fingerprint density at radius 3 is 2.72 bits per heavy atom. The fourth-order valence-corrected chi connectivity index (χ4v) is 1.70. The molecule has 1 amide bonds. The molecule has 0 aliphatic carbocycles. The zero-order chi connectivity index (χ0) is 13.5. The summed E-state index contributed by atoms with van der Waals surface area (Å²) in [6.07, 6.45) is 4.35. The number of rotatable bonds is 6. The minimum absolute atomic E-state index is 0.0631. The summed E-state index contributed by atoms with van der Waals surface area (Å²) in [6.45, 7) is 9.09. The van der Waals surface area contributed by atoms with Crippen molar-refractivity contribution in [1.29, 1.82) is 0 Å². The molecule has 0 aliphatic heterocycles. The van der Waals surface area contributed by atoms with Crippen LogP contribution in [-0.2, 0) is 0 Å². The van der Waals surface area contributed by atoms with E-state index in [0.717, 1.165) is 18.7 Å². The molecule has 0 aliphatic rings. The van der Waals surface area contributed by atoms with Crippen LogP contribution >= 0.6 is 0 Å². The molecule has 0 saturated heterocycles. The topological polar surface area (TPSA) is 54.0 Å². The third-order valence-corrected chi connectivity index (χ3v) is 3.29. The molecule has 2 unspecified atom stereocenters. The van der Waals surface area contributed by atoms with E-state index in [9.17, 15) is 4.79 Å². The van der Waals surface area contributed by atoms with E-state index < -0.39 is 0 Å². The first kappa shape index (κ1) is 14.5. The standard InChI is InChI=1S/C14H23N3O/c1-5-10(3)11(4)17-14(18)12-9-15-8-7-13(12)16-6-2/h7-11H,5-6H2,1-4H3,(H,15,16)(H,17,18). The summed E-state index contributed by atoms with van der Waals surface area (Å²) in [4.78, 5) is 16.2. The van der Waals surface area contributed by atoms with Crippen LogP contribution in [0.15, 0.2) is 18.5 Å². The number of aromatic nitrogens is 1. The van der Waals surface area contributed by atoms with Crippen molar-refractivity contribution in [2.75, 3.05) is 11.9 Å². The summed E-state index contributed by atoms with van der Waals surface area (Å²) in [6, 6.07) is 1.99. The lowest BCUT2D eigenvalue weighted by atomic mass is 10.0. The van der Waals surface area contributed by atoms with Crippen molar-refractivity contribution in [1.82, 2.24) is 10.3 Å². The van der Waals surface area contributed by atoms with Crippen molar-refractivity contribution in [2.45, 2.75) is 40.2 Å². The Balaban J connectivity index is 2.77. The van der Waals surface area contributed by atoms with Gasteiger partial charge in [0.2, 0.25) is 0 Å². The van der Waals surface area contributed by atoms with Gasteiger partial charge in [-0.15, -0.1) is 0 Å². The van der Waals surface area contributed by atoms with Gasteiger partial charge in [0.1, 0.15) is 0 Å². The second-order valence-corrected chi connectivity index (χ2v) is 4.60. The molecule has 4 nitrogen and oxygen atoms in total. The molecule has 0 radical (unpaired) electrons. The lowest BCUT2D eigenvalue weighted by Crippen LogP contribution is -2.37. The number of hydrogen-bond donors (Lipinski definition) is 2. The third kappa shape index (κ3) is 3.72. The van der Waals surface area contributed by atoms with Crippen LogP contribution in [0.25, 0.3) is 0 Å². The van der Waals surface area contributed by atoms with Crippen LogP contribution in [0.1, 0.15) is 44.5 Å². The van der Waals surface area contributed by atoms with Crippen molar-refractivity contribution < 1.29 is 4.79 Å². The highest BCUT2D eigenvalue weighted by Crippen LogP contribution is 2.14. The third-order valence-electron chi connectivity index (χ3n) is 3.29. The molecule has 2 atom stereocenters. The number of carbonyl (C=O) groups is 1. The van der Waals surface area contributed by atoms with E-state index in [1.807, 2.05) is 19.9 Å². The molecule has 0 spiro atoms. The van der Waals surface area contributed by atoms with Gasteiger partial charge in [0, 0.05) is 25.0 Å². The van der Waals surface area contributed by atoms with Crippen molar-refractivity contribution in [3.8, 4) is 0 Å². The van der Waals surface area contributed by atoms with E-state index in [4.69, 9.17) is 0 Å². The fourth-order valence-electron chi connectivity index (χ4n) is 1.70. The van der Waals surface area contributed by atoms with Gasteiger partial charge in [-0.1, -0.05) is 20.3 Å². The number of pyridine rings is 1. The number of anilines is 1. The van der Waals surface area contributed by atoms with Gasteiger partial charge in [-0.25, -0.2) is 0 Å². The van der Waals surface area contributed by atoms with Gasteiger partial charge in [0.15, 0.2) is 0 Å². The van der Waals surface area contributed by atoms with E-state index in [1.165, 1.54) is 0 Å². The second kappa shape index (κ2) is 6.99. The van der Waals surface area contributed by atoms with Gasteiger partial charge >= 0.3 is 0 Å². The molecule has 1 aromatic rings. The fraction of sp³-hybridized carbons (Fsp3) is 0.571. The maximum absolute atomic E-state index is 12.2. The molecule has 4 heteroatoms. The van der Waals surface area contributed by atoms with Crippen LogP contribution < -0.4 is 10.6 Å². The first-order valence-corrected chi connectivity index (χ1v) is 6.58. The molecule has 0 saturated carbocycles. The average molecular weight is 249 g/mol. The Morgan fingerprint density at radius 1 is 1.39 bits per heavy atom. The summed E-state index contributed by atoms with van der Waals surface area (Å²) >= 11 is 0. The Bertz CT molecular complexity index is 392. The highest BCUT2D eigenvalue weighted by Gasteiger charge is 2.16. The van der Waals surface area contributed by atoms with Crippen molar-refractivity contribution >= 4 is 11.6 Å². The lowest BCUT2D eigenvalue weighted by molar-refractivity contribution is 0.0928. The van der Waals surface area contributed by atoms with Crippen molar-refractivity contribution in [2.24, 2.45) is 5.92 Å². The minimum atomic E-state index is -0.0631. The highest BCUT2D eigenvalue weighted by molar-refractivity contribution is 5.99. The molecule has 1 aromatic heterocycles. The number of nitrogens with one attached hydrogen (secondary N) is 2.